The SMILES string of the molecule is O=C(O)[C@H]1CNC1=O. The van der Waals surface area contributed by atoms with Crippen LogP contribution >= 0.6 is 0 Å². The van der Waals surface area contributed by atoms with E-state index in [9.17, 15) is 9.59 Å². The molecular formula is C4H5NO3. The van der Waals surface area contributed by atoms with Gasteiger partial charge in [0.15, 0.2) is 5.92 Å². The molecule has 1 aliphatic heterocycles. The molecule has 1 fully saturated rings. The number of carboxylic acid groups (broad SMARTS) is 1. The van der Waals surface area contributed by atoms with E-state index < -0.39 is 11.9 Å². The first-order valence-corrected chi connectivity index (χ1v) is 2.22. The van der Waals surface area contributed by atoms with Gasteiger partial charge in [0, 0.05) is 6.54 Å². The molecule has 4 heteroatoms. The van der Waals surface area contributed by atoms with Crippen molar-refractivity contribution in [2.45, 2.75) is 0 Å². The normalized spacial score (nSPS) is 26.0. The number of β-lactam (4-membered cyclic amide) rings is 1. The summed E-state index contributed by atoms with van der Waals surface area (Å²) >= 11 is 0. The molecule has 1 atom stereocenters. The van der Waals surface area contributed by atoms with Crippen molar-refractivity contribution in [3.63, 3.8) is 0 Å². The second kappa shape index (κ2) is 1.47. The van der Waals surface area contributed by atoms with E-state index in [4.69, 9.17) is 5.11 Å². The fraction of sp³-hybridized carbons (Fsp3) is 0.500. The van der Waals surface area contributed by atoms with Gasteiger partial charge in [0.1, 0.15) is 0 Å². The molecule has 1 heterocycles. The lowest BCUT2D eigenvalue weighted by Gasteiger charge is -2.20. The van der Waals surface area contributed by atoms with Crippen LogP contribution in [0.25, 0.3) is 0 Å². The highest BCUT2D eigenvalue weighted by atomic mass is 16.4. The number of amides is 1. The van der Waals surface area contributed by atoms with Crippen LogP contribution in [0.4, 0.5) is 0 Å². The highest BCUT2D eigenvalue weighted by Crippen LogP contribution is 2.03. The van der Waals surface area contributed by atoms with Gasteiger partial charge in [-0.15, -0.1) is 0 Å². The lowest BCUT2D eigenvalue weighted by atomic mass is 10.0. The number of hydrogen-bond donors (Lipinski definition) is 2. The first kappa shape index (κ1) is 5.08. The van der Waals surface area contributed by atoms with Crippen LogP contribution in [0.1, 0.15) is 0 Å². The molecule has 0 radical (unpaired) electrons. The van der Waals surface area contributed by atoms with Crippen molar-refractivity contribution in [3.8, 4) is 0 Å². The van der Waals surface area contributed by atoms with Crippen molar-refractivity contribution in [3.05, 3.63) is 0 Å². The van der Waals surface area contributed by atoms with Gasteiger partial charge in [-0.25, -0.2) is 0 Å². The molecule has 0 unspecified atom stereocenters. The third-order valence-electron chi connectivity index (χ3n) is 1.10. The van der Waals surface area contributed by atoms with Crippen LogP contribution in [0.3, 0.4) is 0 Å². The van der Waals surface area contributed by atoms with Gasteiger partial charge in [-0.1, -0.05) is 0 Å². The Labute approximate surface area is 45.5 Å². The molecular weight excluding hydrogens is 110 g/mol. The molecule has 1 amide bonds. The predicted octanol–water partition coefficient (Wildman–Crippen LogP) is -1.18. The topological polar surface area (TPSA) is 66.4 Å². The Hall–Kier alpha value is -1.06. The van der Waals surface area contributed by atoms with Gasteiger partial charge in [-0.2, -0.15) is 0 Å². The van der Waals surface area contributed by atoms with Crippen molar-refractivity contribution in [2.24, 2.45) is 5.92 Å². The first-order valence-electron chi connectivity index (χ1n) is 2.22. The lowest BCUT2D eigenvalue weighted by Crippen LogP contribution is -2.52. The second-order valence-electron chi connectivity index (χ2n) is 1.64. The van der Waals surface area contributed by atoms with Crippen molar-refractivity contribution >= 4 is 11.9 Å². The molecule has 44 valence electrons. The third-order valence-corrected chi connectivity index (χ3v) is 1.10. The molecule has 4 nitrogen and oxygen atoms in total. The van der Waals surface area contributed by atoms with E-state index in [0.717, 1.165) is 0 Å². The number of nitrogens with one attached hydrogen (secondary N) is 1. The van der Waals surface area contributed by atoms with Gasteiger partial charge in [0.25, 0.3) is 0 Å². The summed E-state index contributed by atoms with van der Waals surface area (Å²) in [6.07, 6.45) is 0. The van der Waals surface area contributed by atoms with Crippen LogP contribution in [-0.4, -0.2) is 23.5 Å². The fourth-order valence-electron chi connectivity index (χ4n) is 0.487. The van der Waals surface area contributed by atoms with E-state index in [1.165, 1.54) is 0 Å². The summed E-state index contributed by atoms with van der Waals surface area (Å²) in [6.45, 7) is 0.286. The Balaban J connectivity index is 2.49. The van der Waals surface area contributed by atoms with Crippen LogP contribution < -0.4 is 5.32 Å². The van der Waals surface area contributed by atoms with Gasteiger partial charge >= 0.3 is 5.97 Å². The Morgan fingerprint density at radius 1 is 1.88 bits per heavy atom. The molecule has 0 aromatic rings. The maximum atomic E-state index is 10.2. The molecule has 0 saturated carbocycles. The second-order valence-corrected chi connectivity index (χ2v) is 1.64. The van der Waals surface area contributed by atoms with Crippen molar-refractivity contribution in [2.75, 3.05) is 6.54 Å². The lowest BCUT2D eigenvalue weighted by molar-refractivity contribution is -0.151. The van der Waals surface area contributed by atoms with Crippen molar-refractivity contribution < 1.29 is 14.7 Å². The van der Waals surface area contributed by atoms with Gasteiger partial charge in [0.2, 0.25) is 5.91 Å². The monoisotopic (exact) mass is 115 g/mol. The molecule has 0 aromatic heterocycles. The number of carboxylic acids is 1. The molecule has 0 bridgehead atoms. The van der Waals surface area contributed by atoms with Crippen LogP contribution in [0, 0.1) is 5.92 Å². The minimum Gasteiger partial charge on any atom is -0.481 e. The largest absolute Gasteiger partial charge is 0.481 e. The van der Waals surface area contributed by atoms with Crippen LogP contribution in [-0.2, 0) is 9.59 Å². The average Bonchev–Trinajstić information content (AvgIpc) is 1.61. The quantitative estimate of drug-likeness (QED) is 0.334. The third kappa shape index (κ3) is 0.538. The van der Waals surface area contributed by atoms with Crippen molar-refractivity contribution in [1.29, 1.82) is 0 Å². The number of aliphatic carboxylic acids is 1. The minimum absolute atomic E-state index is 0.286. The molecule has 0 aromatic carbocycles. The highest BCUT2D eigenvalue weighted by molar-refractivity contribution is 6.01. The Morgan fingerprint density at radius 2 is 2.50 bits per heavy atom. The van der Waals surface area contributed by atoms with Crippen LogP contribution in [0.15, 0.2) is 0 Å². The molecule has 2 N–H and O–H groups in total. The average molecular weight is 115 g/mol. The van der Waals surface area contributed by atoms with Crippen molar-refractivity contribution in [1.82, 2.24) is 5.32 Å². The summed E-state index contributed by atoms with van der Waals surface area (Å²) in [4.78, 5) is 20.1. The van der Waals surface area contributed by atoms with E-state index in [2.05, 4.69) is 5.32 Å². The van der Waals surface area contributed by atoms with Gasteiger partial charge in [-0.05, 0) is 0 Å². The molecule has 0 aliphatic carbocycles. The summed E-state index contributed by atoms with van der Waals surface area (Å²) in [7, 11) is 0. The van der Waals surface area contributed by atoms with E-state index in [-0.39, 0.29) is 12.5 Å². The van der Waals surface area contributed by atoms with E-state index in [0.29, 0.717) is 0 Å². The molecule has 8 heavy (non-hydrogen) atoms. The zero-order valence-corrected chi connectivity index (χ0v) is 4.05. The standard InChI is InChI=1S/C4H5NO3/c6-3-2(1-5-3)4(7)8/h2H,1H2,(H,5,6)(H,7,8)/t2-/m0/s1. The number of carbonyl (C=O) groups is 2. The first-order chi connectivity index (χ1) is 3.72. The molecule has 1 saturated heterocycles. The number of carbonyl (C=O) groups excluding carboxylic acids is 1. The zero-order chi connectivity index (χ0) is 6.15. The summed E-state index contributed by atoms with van der Waals surface area (Å²) in [5.41, 5.74) is 0. The minimum atomic E-state index is -1.03. The number of rotatable bonds is 1. The summed E-state index contributed by atoms with van der Waals surface area (Å²) < 4.78 is 0. The Morgan fingerprint density at radius 3 is 2.50 bits per heavy atom. The maximum absolute atomic E-state index is 10.2. The maximum Gasteiger partial charge on any atom is 0.317 e. The van der Waals surface area contributed by atoms with Gasteiger partial charge in [-0.3, -0.25) is 9.59 Å². The molecule has 1 aliphatic rings. The van der Waals surface area contributed by atoms with E-state index in [1.54, 1.807) is 0 Å². The van der Waals surface area contributed by atoms with E-state index in [1.807, 2.05) is 0 Å². The Kier molecular flexibility index (Phi) is 0.932. The van der Waals surface area contributed by atoms with Crippen LogP contribution in [0.5, 0.6) is 0 Å². The van der Waals surface area contributed by atoms with Crippen LogP contribution in [0.2, 0.25) is 0 Å². The summed E-state index contributed by atoms with van der Waals surface area (Å²) in [5, 5.41) is 10.5. The Bertz CT molecular complexity index is 134. The zero-order valence-electron chi connectivity index (χ0n) is 4.05. The summed E-state index contributed by atoms with van der Waals surface area (Å²) in [5.74, 6) is -2.19. The summed E-state index contributed by atoms with van der Waals surface area (Å²) in [6, 6.07) is 0. The molecule has 0 spiro atoms. The molecule has 1 rings (SSSR count). The highest BCUT2D eigenvalue weighted by Gasteiger charge is 2.34. The number of hydrogen-bond acceptors (Lipinski definition) is 2. The predicted molar refractivity (Wildman–Crippen MR) is 24.1 cm³/mol. The van der Waals surface area contributed by atoms with Gasteiger partial charge < -0.3 is 10.4 Å². The van der Waals surface area contributed by atoms with E-state index >= 15 is 0 Å². The van der Waals surface area contributed by atoms with Gasteiger partial charge in [0.05, 0.1) is 0 Å². The fourth-order valence-corrected chi connectivity index (χ4v) is 0.487. The smallest absolute Gasteiger partial charge is 0.317 e.